The monoisotopic (exact) mass is 210 g/mol. The summed E-state index contributed by atoms with van der Waals surface area (Å²) in [6, 6.07) is 0. The highest BCUT2D eigenvalue weighted by Gasteiger charge is 2.08. The second kappa shape index (κ2) is 5.07. The SMILES string of the molecule is CCc1nc(CC(C)OC)[nH]c(=O)c1C. The molecular formula is C11H18N2O2. The molecule has 0 aliphatic heterocycles. The van der Waals surface area contributed by atoms with Gasteiger partial charge in [-0.25, -0.2) is 4.98 Å². The van der Waals surface area contributed by atoms with Crippen molar-refractivity contribution in [2.45, 2.75) is 39.7 Å². The number of hydrogen-bond acceptors (Lipinski definition) is 3. The van der Waals surface area contributed by atoms with Gasteiger partial charge in [0.2, 0.25) is 0 Å². The van der Waals surface area contributed by atoms with Crippen molar-refractivity contribution < 1.29 is 4.74 Å². The van der Waals surface area contributed by atoms with E-state index in [0.717, 1.165) is 12.1 Å². The van der Waals surface area contributed by atoms with Gasteiger partial charge in [0.15, 0.2) is 0 Å². The molecule has 1 rings (SSSR count). The quantitative estimate of drug-likeness (QED) is 0.813. The normalized spacial score (nSPS) is 12.8. The van der Waals surface area contributed by atoms with Gasteiger partial charge >= 0.3 is 0 Å². The van der Waals surface area contributed by atoms with E-state index in [1.54, 1.807) is 14.0 Å². The van der Waals surface area contributed by atoms with Crippen molar-refractivity contribution in [3.05, 3.63) is 27.4 Å². The number of rotatable bonds is 4. The first kappa shape index (κ1) is 11.9. The minimum Gasteiger partial charge on any atom is -0.381 e. The highest BCUT2D eigenvalue weighted by molar-refractivity contribution is 5.16. The molecule has 0 aliphatic carbocycles. The van der Waals surface area contributed by atoms with Crippen LogP contribution in [0, 0.1) is 6.92 Å². The first-order valence-electron chi connectivity index (χ1n) is 5.20. The molecule has 0 fully saturated rings. The summed E-state index contributed by atoms with van der Waals surface area (Å²) >= 11 is 0. The van der Waals surface area contributed by atoms with Gasteiger partial charge in [-0.05, 0) is 20.3 Å². The third-order valence-electron chi connectivity index (χ3n) is 2.52. The van der Waals surface area contributed by atoms with Crippen molar-refractivity contribution in [1.82, 2.24) is 9.97 Å². The van der Waals surface area contributed by atoms with E-state index >= 15 is 0 Å². The van der Waals surface area contributed by atoms with Gasteiger partial charge in [0, 0.05) is 19.1 Å². The van der Waals surface area contributed by atoms with E-state index in [1.807, 2.05) is 13.8 Å². The van der Waals surface area contributed by atoms with Crippen LogP contribution in [0.3, 0.4) is 0 Å². The summed E-state index contributed by atoms with van der Waals surface area (Å²) in [5.41, 5.74) is 1.54. The molecule has 0 aromatic carbocycles. The minimum absolute atomic E-state index is 0.0415. The molecule has 0 amide bonds. The summed E-state index contributed by atoms with van der Waals surface area (Å²) in [6.07, 6.45) is 1.49. The summed E-state index contributed by atoms with van der Waals surface area (Å²) in [7, 11) is 1.65. The number of aromatic nitrogens is 2. The Labute approximate surface area is 89.7 Å². The zero-order chi connectivity index (χ0) is 11.4. The van der Waals surface area contributed by atoms with Crippen LogP contribution in [0.5, 0.6) is 0 Å². The van der Waals surface area contributed by atoms with Gasteiger partial charge in [0.1, 0.15) is 5.82 Å². The van der Waals surface area contributed by atoms with Crippen molar-refractivity contribution in [1.29, 1.82) is 0 Å². The zero-order valence-electron chi connectivity index (χ0n) is 9.76. The van der Waals surface area contributed by atoms with Crippen LogP contribution in [0.25, 0.3) is 0 Å². The van der Waals surface area contributed by atoms with Crippen molar-refractivity contribution in [3.8, 4) is 0 Å². The summed E-state index contributed by atoms with van der Waals surface area (Å²) in [4.78, 5) is 18.7. The lowest BCUT2D eigenvalue weighted by atomic mass is 10.2. The third-order valence-corrected chi connectivity index (χ3v) is 2.52. The second-order valence-electron chi connectivity index (χ2n) is 3.69. The molecule has 1 aromatic rings. The summed E-state index contributed by atoms with van der Waals surface area (Å²) in [5, 5.41) is 0. The molecule has 1 aromatic heterocycles. The van der Waals surface area contributed by atoms with Gasteiger partial charge in [-0.3, -0.25) is 4.79 Å². The van der Waals surface area contributed by atoms with E-state index in [0.29, 0.717) is 17.8 Å². The van der Waals surface area contributed by atoms with Gasteiger partial charge in [0.25, 0.3) is 5.56 Å². The van der Waals surface area contributed by atoms with E-state index < -0.39 is 0 Å². The molecule has 84 valence electrons. The lowest BCUT2D eigenvalue weighted by Crippen LogP contribution is -2.20. The standard InChI is InChI=1S/C11H18N2O2/c1-5-9-8(3)11(14)13-10(12-9)6-7(2)15-4/h7H,5-6H2,1-4H3,(H,12,13,14). The molecule has 4 heteroatoms. The molecule has 4 nitrogen and oxygen atoms in total. The fourth-order valence-corrected chi connectivity index (χ4v) is 1.43. The number of methoxy groups -OCH3 is 1. The van der Waals surface area contributed by atoms with Crippen LogP contribution in [-0.4, -0.2) is 23.2 Å². The molecule has 1 N–H and O–H groups in total. The predicted octanol–water partition coefficient (Wildman–Crippen LogP) is 1.22. The lowest BCUT2D eigenvalue weighted by Gasteiger charge is -2.10. The zero-order valence-corrected chi connectivity index (χ0v) is 9.76. The van der Waals surface area contributed by atoms with Crippen LogP contribution in [0.15, 0.2) is 4.79 Å². The van der Waals surface area contributed by atoms with E-state index in [4.69, 9.17) is 4.74 Å². The van der Waals surface area contributed by atoms with Gasteiger partial charge in [0.05, 0.1) is 11.8 Å². The molecule has 0 radical (unpaired) electrons. The Morgan fingerprint density at radius 2 is 2.20 bits per heavy atom. The van der Waals surface area contributed by atoms with Crippen molar-refractivity contribution in [2.75, 3.05) is 7.11 Å². The van der Waals surface area contributed by atoms with Crippen molar-refractivity contribution in [2.24, 2.45) is 0 Å². The largest absolute Gasteiger partial charge is 0.381 e. The Bertz CT molecular complexity index is 385. The Kier molecular flexibility index (Phi) is 4.03. The maximum Gasteiger partial charge on any atom is 0.254 e. The molecule has 1 unspecified atom stereocenters. The summed E-state index contributed by atoms with van der Waals surface area (Å²) < 4.78 is 5.14. The number of aryl methyl sites for hydroxylation is 1. The van der Waals surface area contributed by atoms with Crippen LogP contribution >= 0.6 is 0 Å². The van der Waals surface area contributed by atoms with E-state index in [1.165, 1.54) is 0 Å². The number of hydrogen-bond donors (Lipinski definition) is 1. The van der Waals surface area contributed by atoms with Crippen LogP contribution in [0.4, 0.5) is 0 Å². The minimum atomic E-state index is -0.0415. The van der Waals surface area contributed by atoms with Crippen LogP contribution in [0.1, 0.15) is 30.9 Å². The van der Waals surface area contributed by atoms with Crippen LogP contribution in [-0.2, 0) is 17.6 Å². The Morgan fingerprint density at radius 3 is 2.73 bits per heavy atom. The number of H-pyrrole nitrogens is 1. The number of ether oxygens (including phenoxy) is 1. The number of nitrogens with zero attached hydrogens (tertiary/aromatic N) is 1. The second-order valence-corrected chi connectivity index (χ2v) is 3.69. The molecule has 0 aliphatic rings. The van der Waals surface area contributed by atoms with Crippen molar-refractivity contribution >= 4 is 0 Å². The maximum absolute atomic E-state index is 11.6. The van der Waals surface area contributed by atoms with E-state index in [9.17, 15) is 4.79 Å². The molecule has 0 spiro atoms. The van der Waals surface area contributed by atoms with Crippen LogP contribution in [0.2, 0.25) is 0 Å². The smallest absolute Gasteiger partial charge is 0.254 e. The average Bonchev–Trinajstić information content (AvgIpc) is 2.22. The molecular weight excluding hydrogens is 192 g/mol. The molecule has 0 saturated carbocycles. The molecule has 15 heavy (non-hydrogen) atoms. The van der Waals surface area contributed by atoms with Gasteiger partial charge in [-0.2, -0.15) is 0 Å². The molecule has 1 atom stereocenters. The Hall–Kier alpha value is -1.16. The first-order valence-corrected chi connectivity index (χ1v) is 5.20. The fourth-order valence-electron chi connectivity index (χ4n) is 1.43. The maximum atomic E-state index is 11.6. The lowest BCUT2D eigenvalue weighted by molar-refractivity contribution is 0.117. The Balaban J connectivity index is 3.01. The first-order chi connectivity index (χ1) is 7.08. The van der Waals surface area contributed by atoms with E-state index in [2.05, 4.69) is 9.97 Å². The van der Waals surface area contributed by atoms with Gasteiger partial charge in [-0.1, -0.05) is 6.92 Å². The average molecular weight is 210 g/mol. The van der Waals surface area contributed by atoms with Gasteiger partial charge < -0.3 is 9.72 Å². The highest BCUT2D eigenvalue weighted by Crippen LogP contribution is 2.03. The topological polar surface area (TPSA) is 55.0 Å². The molecule has 0 saturated heterocycles. The summed E-state index contributed by atoms with van der Waals surface area (Å²) in [5.74, 6) is 0.705. The fraction of sp³-hybridized carbons (Fsp3) is 0.636. The number of aromatic amines is 1. The molecule has 1 heterocycles. The highest BCUT2D eigenvalue weighted by atomic mass is 16.5. The van der Waals surface area contributed by atoms with Crippen molar-refractivity contribution in [3.63, 3.8) is 0 Å². The number of nitrogens with one attached hydrogen (secondary N) is 1. The van der Waals surface area contributed by atoms with Crippen LogP contribution < -0.4 is 5.56 Å². The Morgan fingerprint density at radius 1 is 1.53 bits per heavy atom. The third kappa shape index (κ3) is 2.89. The van der Waals surface area contributed by atoms with Gasteiger partial charge in [-0.15, -0.1) is 0 Å². The molecule has 0 bridgehead atoms. The predicted molar refractivity (Wildman–Crippen MR) is 59.1 cm³/mol. The summed E-state index contributed by atoms with van der Waals surface area (Å²) in [6.45, 7) is 5.75. The van der Waals surface area contributed by atoms with E-state index in [-0.39, 0.29) is 11.7 Å².